The van der Waals surface area contributed by atoms with Crippen LogP contribution in [0.5, 0.6) is 0 Å². The number of hydrogen-bond donors (Lipinski definition) is 0. The summed E-state index contributed by atoms with van der Waals surface area (Å²) in [6.07, 6.45) is 7.31. The average Bonchev–Trinajstić information content (AvgIpc) is 2.77. The molecule has 13 heavy (non-hydrogen) atoms. The molecule has 1 fully saturated rings. The van der Waals surface area contributed by atoms with E-state index < -0.39 is 7.22 Å². The normalized spacial score (nSPS) is 18.4. The predicted molar refractivity (Wildman–Crippen MR) is 66.6 cm³/mol. The van der Waals surface area contributed by atoms with Crippen molar-refractivity contribution in [2.75, 3.05) is 5.75 Å². The maximum atomic E-state index is 4.45. The van der Waals surface area contributed by atoms with E-state index in [9.17, 15) is 0 Å². The Bertz CT molecular complexity index is 170. The van der Waals surface area contributed by atoms with Gasteiger partial charge in [-0.15, -0.1) is 0 Å². The molecule has 1 nitrogen and oxygen atoms in total. The lowest BCUT2D eigenvalue weighted by atomic mass is 10.4. The first kappa shape index (κ1) is 11.3. The first-order chi connectivity index (χ1) is 6.08. The molecule has 1 aliphatic carbocycles. The van der Waals surface area contributed by atoms with Gasteiger partial charge in [-0.1, -0.05) is 19.6 Å². The molecule has 0 aromatic rings. The molecule has 0 heterocycles. The van der Waals surface area contributed by atoms with E-state index in [1.807, 2.05) is 0 Å². The van der Waals surface area contributed by atoms with E-state index in [0.29, 0.717) is 6.04 Å². The quantitative estimate of drug-likeness (QED) is 0.375. The SMILES string of the molecule is C[Si](C)(C)SCCCC=NC1CC1. The van der Waals surface area contributed by atoms with Crippen molar-refractivity contribution in [1.29, 1.82) is 0 Å². The third-order valence-electron chi connectivity index (χ3n) is 1.88. The molecule has 0 unspecified atom stereocenters. The van der Waals surface area contributed by atoms with Crippen LogP contribution in [0, 0.1) is 0 Å². The maximum absolute atomic E-state index is 4.45. The van der Waals surface area contributed by atoms with E-state index in [2.05, 4.69) is 42.1 Å². The molecule has 1 rings (SSSR count). The highest BCUT2D eigenvalue weighted by Crippen LogP contribution is 2.23. The summed E-state index contributed by atoms with van der Waals surface area (Å²) in [6.45, 7) is 7.24. The molecule has 0 atom stereocenters. The predicted octanol–water partition coefficient (Wildman–Crippen LogP) is 3.57. The summed E-state index contributed by atoms with van der Waals surface area (Å²) < 4.78 is 0. The Labute approximate surface area is 87.1 Å². The molecule has 1 saturated carbocycles. The lowest BCUT2D eigenvalue weighted by molar-refractivity contribution is 0.995. The van der Waals surface area contributed by atoms with Gasteiger partial charge in [0.15, 0.2) is 0 Å². The Morgan fingerprint density at radius 3 is 2.62 bits per heavy atom. The molecule has 0 radical (unpaired) electrons. The van der Waals surface area contributed by atoms with E-state index in [1.54, 1.807) is 0 Å². The van der Waals surface area contributed by atoms with Gasteiger partial charge in [0, 0.05) is 6.04 Å². The van der Waals surface area contributed by atoms with E-state index in [4.69, 9.17) is 0 Å². The van der Waals surface area contributed by atoms with Crippen molar-refractivity contribution >= 4 is 24.6 Å². The minimum atomic E-state index is -0.855. The number of hydrogen-bond acceptors (Lipinski definition) is 2. The number of aliphatic imine (C=N–C) groups is 1. The Morgan fingerprint density at radius 1 is 1.38 bits per heavy atom. The van der Waals surface area contributed by atoms with Crippen molar-refractivity contribution in [2.45, 2.75) is 51.4 Å². The van der Waals surface area contributed by atoms with E-state index in [1.165, 1.54) is 31.4 Å². The summed E-state index contributed by atoms with van der Waals surface area (Å²) in [5.74, 6) is 1.33. The Balaban J connectivity index is 1.88. The average molecular weight is 215 g/mol. The molecule has 1 aliphatic rings. The summed E-state index contributed by atoms with van der Waals surface area (Å²) in [5, 5.41) is 0. The second-order valence-corrected chi connectivity index (χ2v) is 14.1. The Morgan fingerprint density at radius 2 is 2.08 bits per heavy atom. The van der Waals surface area contributed by atoms with Gasteiger partial charge in [0.05, 0.1) is 0 Å². The van der Waals surface area contributed by atoms with E-state index >= 15 is 0 Å². The molecule has 0 aromatic heterocycles. The van der Waals surface area contributed by atoms with Crippen molar-refractivity contribution in [3.8, 4) is 0 Å². The number of unbranched alkanes of at least 4 members (excludes halogenated alkanes) is 1. The summed E-state index contributed by atoms with van der Waals surface area (Å²) >= 11 is 2.19. The molecule has 0 bridgehead atoms. The monoisotopic (exact) mass is 215 g/mol. The van der Waals surface area contributed by atoms with Crippen LogP contribution >= 0.6 is 11.2 Å². The molecule has 0 N–H and O–H groups in total. The summed E-state index contributed by atoms with van der Waals surface area (Å²) in [4.78, 5) is 4.45. The topological polar surface area (TPSA) is 12.4 Å². The van der Waals surface area contributed by atoms with Gasteiger partial charge < -0.3 is 0 Å². The van der Waals surface area contributed by atoms with E-state index in [0.717, 1.165) is 0 Å². The first-order valence-electron chi connectivity index (χ1n) is 5.23. The summed E-state index contributed by atoms with van der Waals surface area (Å²) in [6, 6.07) is 0.713. The molecule has 0 spiro atoms. The van der Waals surface area contributed by atoms with Gasteiger partial charge in [-0.05, 0) is 37.7 Å². The third kappa shape index (κ3) is 7.32. The van der Waals surface area contributed by atoms with Gasteiger partial charge in [-0.3, -0.25) is 4.99 Å². The minimum Gasteiger partial charge on any atom is -0.294 e. The summed E-state index contributed by atoms with van der Waals surface area (Å²) in [7, 11) is -0.855. The van der Waals surface area contributed by atoms with Crippen LogP contribution in [-0.4, -0.2) is 25.2 Å². The lowest BCUT2D eigenvalue weighted by Gasteiger charge is -2.13. The van der Waals surface area contributed by atoms with Gasteiger partial charge in [0.2, 0.25) is 0 Å². The number of rotatable bonds is 6. The molecule has 0 amide bonds. The Hall–Kier alpha value is 0.237. The largest absolute Gasteiger partial charge is 0.294 e. The van der Waals surface area contributed by atoms with Crippen LogP contribution in [0.2, 0.25) is 19.6 Å². The fourth-order valence-electron chi connectivity index (χ4n) is 1.00. The fraction of sp³-hybridized carbons (Fsp3) is 0.900. The molecular formula is C10H21NSSi. The Kier molecular flexibility index (Phi) is 4.53. The van der Waals surface area contributed by atoms with E-state index in [-0.39, 0.29) is 0 Å². The van der Waals surface area contributed by atoms with Crippen LogP contribution in [0.4, 0.5) is 0 Å². The summed E-state index contributed by atoms with van der Waals surface area (Å²) in [5.41, 5.74) is 0. The fourth-order valence-corrected chi connectivity index (χ4v) is 4.19. The zero-order chi connectivity index (χ0) is 9.73. The van der Waals surface area contributed by atoms with Gasteiger partial charge in [0.1, 0.15) is 7.22 Å². The van der Waals surface area contributed by atoms with Crippen LogP contribution in [0.1, 0.15) is 25.7 Å². The van der Waals surface area contributed by atoms with Crippen molar-refractivity contribution in [3.63, 3.8) is 0 Å². The molecule has 3 heteroatoms. The highest BCUT2D eigenvalue weighted by atomic mass is 32.4. The molecule has 0 saturated heterocycles. The zero-order valence-corrected chi connectivity index (χ0v) is 10.9. The molecule has 76 valence electrons. The van der Waals surface area contributed by atoms with Gasteiger partial charge >= 0.3 is 0 Å². The highest BCUT2D eigenvalue weighted by molar-refractivity contribution is 8.28. The second-order valence-electron chi connectivity index (χ2n) is 4.67. The van der Waals surface area contributed by atoms with Crippen molar-refractivity contribution in [2.24, 2.45) is 4.99 Å². The van der Waals surface area contributed by atoms with Crippen LogP contribution in [0.15, 0.2) is 4.99 Å². The minimum absolute atomic E-state index is 0.713. The number of nitrogens with zero attached hydrogens (tertiary/aromatic N) is 1. The van der Waals surface area contributed by atoms with Gasteiger partial charge in [-0.2, -0.15) is 11.2 Å². The van der Waals surface area contributed by atoms with Crippen molar-refractivity contribution in [1.82, 2.24) is 0 Å². The molecule has 0 aliphatic heterocycles. The van der Waals surface area contributed by atoms with Gasteiger partial charge in [0.25, 0.3) is 0 Å². The van der Waals surface area contributed by atoms with Crippen LogP contribution in [0.25, 0.3) is 0 Å². The molecule has 0 aromatic carbocycles. The highest BCUT2D eigenvalue weighted by Gasteiger charge is 2.18. The van der Waals surface area contributed by atoms with Crippen LogP contribution in [-0.2, 0) is 0 Å². The van der Waals surface area contributed by atoms with Crippen molar-refractivity contribution in [3.05, 3.63) is 0 Å². The lowest BCUT2D eigenvalue weighted by Crippen LogP contribution is -2.14. The smallest absolute Gasteiger partial charge is 0.108 e. The van der Waals surface area contributed by atoms with Crippen LogP contribution in [0.3, 0.4) is 0 Å². The van der Waals surface area contributed by atoms with Crippen molar-refractivity contribution < 1.29 is 0 Å². The maximum Gasteiger partial charge on any atom is 0.108 e. The first-order valence-corrected chi connectivity index (χ1v) is 10.4. The molecular weight excluding hydrogens is 194 g/mol. The zero-order valence-electron chi connectivity index (χ0n) is 9.05. The standard InChI is InChI=1S/C10H21NSSi/c1-13(2,3)12-9-5-4-8-11-10-6-7-10/h8,10H,4-7,9H2,1-3H3. The second kappa shape index (κ2) is 5.20. The van der Waals surface area contributed by atoms with Gasteiger partial charge in [-0.25, -0.2) is 0 Å². The third-order valence-corrected chi connectivity index (χ3v) is 6.45. The van der Waals surface area contributed by atoms with Crippen LogP contribution < -0.4 is 0 Å².